The summed E-state index contributed by atoms with van der Waals surface area (Å²) >= 11 is 5.43. The molecule has 14 heavy (non-hydrogen) atoms. The van der Waals surface area contributed by atoms with Crippen LogP contribution in [0.15, 0.2) is 12.1 Å². The van der Waals surface area contributed by atoms with Crippen molar-refractivity contribution in [2.45, 2.75) is 6.61 Å². The number of benzene rings is 1. The highest BCUT2D eigenvalue weighted by Gasteiger charge is 2.12. The number of rotatable bonds is 2. The van der Waals surface area contributed by atoms with Crippen molar-refractivity contribution >= 4 is 11.6 Å². The molecule has 0 aromatic heterocycles. The third-order valence-corrected chi connectivity index (χ3v) is 1.65. The number of nitrogens with zero attached hydrogens (tertiary/aromatic N) is 1. The largest absolute Gasteiger partial charge is 0.435 e. The lowest BCUT2D eigenvalue weighted by Gasteiger charge is -2.05. The Morgan fingerprint density at radius 2 is 2.07 bits per heavy atom. The molecule has 0 spiro atoms. The van der Waals surface area contributed by atoms with E-state index in [0.29, 0.717) is 6.07 Å². The maximum absolute atomic E-state index is 12.9. The zero-order valence-electron chi connectivity index (χ0n) is 6.60. The minimum atomic E-state index is -3.06. The Bertz CT molecular complexity index is 366. The lowest BCUT2D eigenvalue weighted by molar-refractivity contribution is -0.0499. The van der Waals surface area contributed by atoms with Gasteiger partial charge in [0.1, 0.15) is 23.2 Å². The van der Waals surface area contributed by atoms with Gasteiger partial charge in [-0.15, -0.1) is 0 Å². The molecule has 0 saturated heterocycles. The average Bonchev–Trinajstić information content (AvgIpc) is 2.01. The molecule has 6 heteroatoms. The molecule has 0 aliphatic carbocycles. The molecule has 0 radical (unpaired) electrons. The van der Waals surface area contributed by atoms with Gasteiger partial charge in [-0.2, -0.15) is 14.0 Å². The third-order valence-electron chi connectivity index (χ3n) is 1.35. The predicted molar refractivity (Wildman–Crippen MR) is 42.8 cm³/mol. The molecule has 0 heterocycles. The number of hydrogen-bond acceptors (Lipinski definition) is 2. The Labute approximate surface area is 82.5 Å². The van der Waals surface area contributed by atoms with Gasteiger partial charge in [0, 0.05) is 12.1 Å². The molecule has 1 rings (SSSR count). The van der Waals surface area contributed by atoms with Gasteiger partial charge in [0.2, 0.25) is 0 Å². The van der Waals surface area contributed by atoms with Crippen LogP contribution in [-0.4, -0.2) is 6.61 Å². The number of ether oxygens (including phenoxy) is 1. The summed E-state index contributed by atoms with van der Waals surface area (Å²) in [6.07, 6.45) is 0. The van der Waals surface area contributed by atoms with E-state index in [2.05, 4.69) is 4.74 Å². The van der Waals surface area contributed by atoms with Crippen LogP contribution in [0.3, 0.4) is 0 Å². The van der Waals surface area contributed by atoms with Crippen molar-refractivity contribution in [2.24, 2.45) is 0 Å². The van der Waals surface area contributed by atoms with Crippen molar-refractivity contribution in [1.29, 1.82) is 5.26 Å². The van der Waals surface area contributed by atoms with Crippen LogP contribution in [0.1, 0.15) is 5.56 Å². The summed E-state index contributed by atoms with van der Waals surface area (Å²) in [6.45, 7) is -3.06. The molecule has 0 fully saturated rings. The summed E-state index contributed by atoms with van der Waals surface area (Å²) in [5.74, 6) is -1.41. The van der Waals surface area contributed by atoms with Crippen LogP contribution >= 0.6 is 11.6 Å². The molecule has 0 saturated carbocycles. The van der Waals surface area contributed by atoms with E-state index in [0.717, 1.165) is 6.07 Å². The lowest BCUT2D eigenvalue weighted by Crippen LogP contribution is -2.02. The molecule has 0 N–H and O–H groups in total. The summed E-state index contributed by atoms with van der Waals surface area (Å²) in [7, 11) is 0. The summed E-state index contributed by atoms with van der Waals surface area (Å²) in [5, 5.41) is 8.15. The van der Waals surface area contributed by atoms with Crippen LogP contribution in [0.25, 0.3) is 0 Å². The highest BCUT2D eigenvalue weighted by Crippen LogP contribution is 2.26. The fraction of sp³-hybridized carbons (Fsp3) is 0.125. The standard InChI is InChI=1S/C8H3ClF3NO/c9-6-1-4(14-8(11)12)2-7(10)5(6)3-13/h1-2,8H. The Morgan fingerprint density at radius 3 is 2.50 bits per heavy atom. The molecule has 0 aliphatic rings. The Kier molecular flexibility index (Phi) is 3.20. The SMILES string of the molecule is N#Cc1c(F)cc(OC(F)F)cc1Cl. The molecule has 0 atom stereocenters. The van der Waals surface area contributed by atoms with E-state index in [1.54, 1.807) is 0 Å². The summed E-state index contributed by atoms with van der Waals surface area (Å²) < 4.78 is 40.3. The average molecular weight is 222 g/mol. The number of alkyl halides is 2. The third kappa shape index (κ3) is 2.30. The lowest BCUT2D eigenvalue weighted by atomic mass is 10.2. The first-order valence-electron chi connectivity index (χ1n) is 3.38. The van der Waals surface area contributed by atoms with Crippen LogP contribution in [0.4, 0.5) is 13.2 Å². The van der Waals surface area contributed by atoms with Crippen molar-refractivity contribution in [2.75, 3.05) is 0 Å². The van der Waals surface area contributed by atoms with E-state index < -0.39 is 23.7 Å². The molecule has 0 amide bonds. The van der Waals surface area contributed by atoms with Gasteiger partial charge in [-0.1, -0.05) is 11.6 Å². The molecule has 1 aromatic carbocycles. The van der Waals surface area contributed by atoms with Crippen LogP contribution in [0, 0.1) is 17.1 Å². The molecule has 0 bridgehead atoms. The smallest absolute Gasteiger partial charge is 0.387 e. The molecule has 2 nitrogen and oxygen atoms in total. The van der Waals surface area contributed by atoms with Crippen LogP contribution < -0.4 is 4.74 Å². The summed E-state index contributed by atoms with van der Waals surface area (Å²) in [4.78, 5) is 0. The van der Waals surface area contributed by atoms with Gasteiger partial charge in [0.25, 0.3) is 0 Å². The Morgan fingerprint density at radius 1 is 1.43 bits per heavy atom. The van der Waals surface area contributed by atoms with Crippen molar-refractivity contribution < 1.29 is 17.9 Å². The number of hydrogen-bond donors (Lipinski definition) is 0. The summed E-state index contributed by atoms with van der Waals surface area (Å²) in [5.41, 5.74) is -0.395. The number of nitriles is 1. The maximum Gasteiger partial charge on any atom is 0.387 e. The van der Waals surface area contributed by atoms with E-state index in [1.165, 1.54) is 6.07 Å². The first-order chi connectivity index (χ1) is 6.54. The van der Waals surface area contributed by atoms with Crippen LogP contribution in [0.2, 0.25) is 5.02 Å². The van der Waals surface area contributed by atoms with E-state index in [9.17, 15) is 13.2 Å². The minimum absolute atomic E-state index is 0.261. The second-order valence-electron chi connectivity index (χ2n) is 2.25. The quantitative estimate of drug-likeness (QED) is 0.769. The van der Waals surface area contributed by atoms with E-state index in [-0.39, 0.29) is 5.02 Å². The number of halogens is 4. The molecule has 0 unspecified atom stereocenters. The highest BCUT2D eigenvalue weighted by molar-refractivity contribution is 6.31. The monoisotopic (exact) mass is 221 g/mol. The van der Waals surface area contributed by atoms with Crippen molar-refractivity contribution in [3.05, 3.63) is 28.5 Å². The van der Waals surface area contributed by atoms with Gasteiger partial charge in [0.15, 0.2) is 0 Å². The Balaban J connectivity index is 3.09. The molecule has 0 aliphatic heterocycles. The molecular weight excluding hydrogens is 219 g/mol. The molecule has 1 aromatic rings. The fourth-order valence-corrected chi connectivity index (χ4v) is 1.07. The second-order valence-corrected chi connectivity index (χ2v) is 2.66. The Hall–Kier alpha value is -1.41. The van der Waals surface area contributed by atoms with Crippen molar-refractivity contribution in [1.82, 2.24) is 0 Å². The zero-order chi connectivity index (χ0) is 10.7. The van der Waals surface area contributed by atoms with Gasteiger partial charge >= 0.3 is 6.61 Å². The van der Waals surface area contributed by atoms with Crippen LogP contribution in [-0.2, 0) is 0 Å². The van der Waals surface area contributed by atoms with E-state index in [1.807, 2.05) is 0 Å². The zero-order valence-corrected chi connectivity index (χ0v) is 7.36. The normalized spacial score (nSPS) is 10.0. The van der Waals surface area contributed by atoms with E-state index >= 15 is 0 Å². The fourth-order valence-electron chi connectivity index (χ4n) is 0.828. The topological polar surface area (TPSA) is 33.0 Å². The van der Waals surface area contributed by atoms with Gasteiger partial charge < -0.3 is 4.74 Å². The second kappa shape index (κ2) is 4.20. The van der Waals surface area contributed by atoms with Crippen molar-refractivity contribution in [3.8, 4) is 11.8 Å². The predicted octanol–water partition coefficient (Wildman–Crippen LogP) is 2.95. The van der Waals surface area contributed by atoms with Crippen molar-refractivity contribution in [3.63, 3.8) is 0 Å². The maximum atomic E-state index is 12.9. The van der Waals surface area contributed by atoms with Gasteiger partial charge in [-0.05, 0) is 0 Å². The van der Waals surface area contributed by atoms with Gasteiger partial charge in [-0.3, -0.25) is 0 Å². The molecule has 74 valence electrons. The first kappa shape index (κ1) is 10.7. The van der Waals surface area contributed by atoms with Gasteiger partial charge in [0.05, 0.1) is 5.02 Å². The summed E-state index contributed by atoms with van der Waals surface area (Å²) in [6, 6.07) is 3.12. The molecular formula is C8H3ClF3NO. The minimum Gasteiger partial charge on any atom is -0.435 e. The van der Waals surface area contributed by atoms with Gasteiger partial charge in [-0.25, -0.2) is 4.39 Å². The van der Waals surface area contributed by atoms with E-state index in [4.69, 9.17) is 16.9 Å². The highest BCUT2D eigenvalue weighted by atomic mass is 35.5. The van der Waals surface area contributed by atoms with Crippen LogP contribution in [0.5, 0.6) is 5.75 Å². The first-order valence-corrected chi connectivity index (χ1v) is 3.76.